The second-order valence-corrected chi connectivity index (χ2v) is 6.05. The van der Waals surface area contributed by atoms with Crippen LogP contribution >= 0.6 is 0 Å². The van der Waals surface area contributed by atoms with Gasteiger partial charge in [0.2, 0.25) is 0 Å². The molecule has 6 nitrogen and oxygen atoms in total. The predicted octanol–water partition coefficient (Wildman–Crippen LogP) is 3.01. The van der Waals surface area contributed by atoms with E-state index in [1.807, 2.05) is 30.3 Å². The van der Waals surface area contributed by atoms with Crippen LogP contribution in [0.2, 0.25) is 0 Å². The molecule has 0 aliphatic carbocycles. The van der Waals surface area contributed by atoms with Crippen molar-refractivity contribution in [2.75, 3.05) is 25.2 Å². The van der Waals surface area contributed by atoms with Gasteiger partial charge in [-0.2, -0.15) is 0 Å². The topological polar surface area (TPSA) is 52.4 Å². The first-order valence-corrected chi connectivity index (χ1v) is 8.40. The van der Waals surface area contributed by atoms with Crippen molar-refractivity contribution in [3.05, 3.63) is 71.8 Å². The molecule has 1 saturated heterocycles. The molecule has 3 aromatic rings. The fraction of sp³-hybridized carbons (Fsp3) is 0.263. The lowest BCUT2D eigenvalue weighted by atomic mass is 10.2. The number of anilines is 1. The highest BCUT2D eigenvalue weighted by atomic mass is 19.1. The smallest absolute Gasteiger partial charge is 0.177 e. The molecule has 2 aromatic carbocycles. The summed E-state index contributed by atoms with van der Waals surface area (Å²) in [6.45, 7) is 1.70. The summed E-state index contributed by atoms with van der Waals surface area (Å²) in [5, 5.41) is 8.36. The first-order valence-electron chi connectivity index (χ1n) is 8.40. The number of halogens is 1. The van der Waals surface area contributed by atoms with E-state index in [2.05, 4.69) is 15.2 Å². The summed E-state index contributed by atoms with van der Waals surface area (Å²) in [7, 11) is 1.64. The Hall–Kier alpha value is -2.93. The van der Waals surface area contributed by atoms with Crippen LogP contribution in [0.5, 0.6) is 5.75 Å². The normalized spacial score (nSPS) is 16.8. The van der Waals surface area contributed by atoms with Crippen molar-refractivity contribution in [1.29, 1.82) is 0 Å². The maximum atomic E-state index is 13.8. The fourth-order valence-corrected chi connectivity index (χ4v) is 3.06. The fourth-order valence-electron chi connectivity index (χ4n) is 3.06. The van der Waals surface area contributed by atoms with Gasteiger partial charge >= 0.3 is 0 Å². The van der Waals surface area contributed by atoms with Gasteiger partial charge in [-0.3, -0.25) is 0 Å². The van der Waals surface area contributed by atoms with Gasteiger partial charge in [0, 0.05) is 17.8 Å². The molecule has 1 aliphatic heterocycles. The summed E-state index contributed by atoms with van der Waals surface area (Å²) in [5.74, 6) is 0.558. The first-order chi connectivity index (χ1) is 12.7. The van der Waals surface area contributed by atoms with E-state index in [0.717, 1.165) is 18.0 Å². The Labute approximate surface area is 150 Å². The molecule has 1 aliphatic rings. The van der Waals surface area contributed by atoms with Gasteiger partial charge < -0.3 is 14.4 Å². The van der Waals surface area contributed by atoms with Gasteiger partial charge in [0.05, 0.1) is 26.5 Å². The monoisotopic (exact) mass is 354 g/mol. The van der Waals surface area contributed by atoms with Crippen LogP contribution < -0.4 is 9.64 Å². The highest BCUT2D eigenvalue weighted by Gasteiger charge is 2.29. The summed E-state index contributed by atoms with van der Waals surface area (Å²) < 4.78 is 26.5. The molecule has 1 aromatic heterocycles. The van der Waals surface area contributed by atoms with Crippen LogP contribution in [-0.4, -0.2) is 35.3 Å². The summed E-state index contributed by atoms with van der Waals surface area (Å²) in [4.78, 5) is 2.12. The maximum Gasteiger partial charge on any atom is 0.177 e. The van der Waals surface area contributed by atoms with Crippen molar-refractivity contribution in [2.24, 2.45) is 0 Å². The summed E-state index contributed by atoms with van der Waals surface area (Å²) in [5.41, 5.74) is 2.30. The highest BCUT2D eigenvalue weighted by Crippen LogP contribution is 2.32. The molecular weight excluding hydrogens is 335 g/mol. The van der Waals surface area contributed by atoms with Crippen LogP contribution in [0.4, 0.5) is 10.1 Å². The van der Waals surface area contributed by atoms with E-state index >= 15 is 0 Å². The molecule has 0 radical (unpaired) electrons. The zero-order valence-corrected chi connectivity index (χ0v) is 14.4. The molecule has 26 heavy (non-hydrogen) atoms. The number of methoxy groups -OCH3 is 1. The Morgan fingerprint density at radius 3 is 2.77 bits per heavy atom. The minimum absolute atomic E-state index is 0.249. The van der Waals surface area contributed by atoms with E-state index in [1.165, 1.54) is 6.07 Å². The molecule has 2 heterocycles. The molecule has 1 fully saturated rings. The third-order valence-electron chi connectivity index (χ3n) is 4.39. The number of ether oxygens (including phenoxy) is 2. The van der Waals surface area contributed by atoms with E-state index in [1.54, 1.807) is 30.1 Å². The lowest BCUT2D eigenvalue weighted by molar-refractivity contribution is 0.110. The quantitative estimate of drug-likeness (QED) is 0.705. The van der Waals surface area contributed by atoms with E-state index < -0.39 is 0 Å². The van der Waals surface area contributed by atoms with Gasteiger partial charge in [0.1, 0.15) is 17.3 Å². The largest absolute Gasteiger partial charge is 0.497 e. The zero-order chi connectivity index (χ0) is 17.9. The Morgan fingerprint density at radius 1 is 1.19 bits per heavy atom. The maximum absolute atomic E-state index is 13.8. The molecule has 0 saturated carbocycles. The third kappa shape index (κ3) is 3.25. The Kier molecular flexibility index (Phi) is 4.53. The van der Waals surface area contributed by atoms with Crippen molar-refractivity contribution in [1.82, 2.24) is 15.0 Å². The number of hydrogen-bond donors (Lipinski definition) is 0. The Morgan fingerprint density at radius 2 is 2.00 bits per heavy atom. The third-order valence-corrected chi connectivity index (χ3v) is 4.39. The number of nitrogens with zero attached hydrogens (tertiary/aromatic N) is 4. The van der Waals surface area contributed by atoms with Gasteiger partial charge in [-0.1, -0.05) is 23.4 Å². The standard InChI is InChI=1S/C19H19FN4O2/c1-25-16-8-6-15(7-9-16)24-10-11-26-19(24)18-13-23(22-21-18)12-14-4-2-3-5-17(14)20/h2-9,13,19H,10-12H2,1H3/t19-/m1/s1. The minimum atomic E-state index is -0.308. The second kappa shape index (κ2) is 7.13. The van der Waals surface area contributed by atoms with Crippen molar-refractivity contribution in [2.45, 2.75) is 12.8 Å². The lowest BCUT2D eigenvalue weighted by Crippen LogP contribution is -2.23. The van der Waals surface area contributed by atoms with Crippen LogP contribution in [0.15, 0.2) is 54.7 Å². The molecular formula is C19H19FN4O2. The molecule has 0 spiro atoms. The predicted molar refractivity (Wildman–Crippen MR) is 94.6 cm³/mol. The molecule has 0 amide bonds. The lowest BCUT2D eigenvalue weighted by Gasteiger charge is -2.23. The second-order valence-electron chi connectivity index (χ2n) is 6.05. The number of rotatable bonds is 5. The van der Waals surface area contributed by atoms with E-state index in [-0.39, 0.29) is 12.0 Å². The van der Waals surface area contributed by atoms with E-state index in [4.69, 9.17) is 9.47 Å². The molecule has 1 atom stereocenters. The minimum Gasteiger partial charge on any atom is -0.497 e. The molecule has 0 unspecified atom stereocenters. The summed E-state index contributed by atoms with van der Waals surface area (Å²) in [6, 6.07) is 14.5. The Bertz CT molecular complexity index is 881. The van der Waals surface area contributed by atoms with Gasteiger partial charge in [-0.05, 0) is 30.3 Å². The zero-order valence-electron chi connectivity index (χ0n) is 14.4. The van der Waals surface area contributed by atoms with Crippen LogP contribution in [0.3, 0.4) is 0 Å². The first kappa shape index (κ1) is 16.5. The highest BCUT2D eigenvalue weighted by molar-refractivity contribution is 5.50. The van der Waals surface area contributed by atoms with Gasteiger partial charge in [-0.15, -0.1) is 5.10 Å². The van der Waals surface area contributed by atoms with Gasteiger partial charge in [0.25, 0.3) is 0 Å². The molecule has 4 rings (SSSR count). The molecule has 7 heteroatoms. The van der Waals surface area contributed by atoms with Crippen LogP contribution in [-0.2, 0) is 11.3 Å². The SMILES string of the molecule is COc1ccc(N2CCO[C@@H]2c2cn(Cc3ccccc3F)nn2)cc1. The van der Waals surface area contributed by atoms with Crippen LogP contribution in [0, 0.1) is 5.82 Å². The average molecular weight is 354 g/mol. The van der Waals surface area contributed by atoms with E-state index in [0.29, 0.717) is 24.4 Å². The molecule has 134 valence electrons. The molecule has 0 bridgehead atoms. The van der Waals surface area contributed by atoms with Crippen molar-refractivity contribution in [3.8, 4) is 5.75 Å². The van der Waals surface area contributed by atoms with E-state index in [9.17, 15) is 4.39 Å². The summed E-state index contributed by atoms with van der Waals surface area (Å²) in [6.07, 6.45) is 1.50. The number of benzene rings is 2. The van der Waals surface area contributed by atoms with Gasteiger partial charge in [-0.25, -0.2) is 9.07 Å². The van der Waals surface area contributed by atoms with Gasteiger partial charge in [0.15, 0.2) is 6.23 Å². The van der Waals surface area contributed by atoms with Crippen LogP contribution in [0.1, 0.15) is 17.5 Å². The number of hydrogen-bond acceptors (Lipinski definition) is 5. The van der Waals surface area contributed by atoms with Crippen molar-refractivity contribution >= 4 is 5.69 Å². The summed E-state index contributed by atoms with van der Waals surface area (Å²) >= 11 is 0. The number of aromatic nitrogens is 3. The Balaban J connectivity index is 1.53. The van der Waals surface area contributed by atoms with Crippen molar-refractivity contribution < 1.29 is 13.9 Å². The molecule has 0 N–H and O–H groups in total. The van der Waals surface area contributed by atoms with Crippen LogP contribution in [0.25, 0.3) is 0 Å². The average Bonchev–Trinajstić information content (AvgIpc) is 3.33. The van der Waals surface area contributed by atoms with Crippen molar-refractivity contribution in [3.63, 3.8) is 0 Å².